The molecule has 1 fully saturated rings. The third kappa shape index (κ3) is 3.46. The van der Waals surface area contributed by atoms with Gasteiger partial charge in [0.1, 0.15) is 0 Å². The van der Waals surface area contributed by atoms with Gasteiger partial charge in [-0.1, -0.05) is 0 Å². The van der Waals surface area contributed by atoms with Crippen LogP contribution < -0.4 is 0 Å². The van der Waals surface area contributed by atoms with Gasteiger partial charge in [-0.05, 0) is 0 Å². The van der Waals surface area contributed by atoms with Gasteiger partial charge in [-0.3, -0.25) is 9.59 Å². The van der Waals surface area contributed by atoms with Crippen LogP contribution in [0.15, 0.2) is 0 Å². The Morgan fingerprint density at radius 1 is 1.31 bits per heavy atom. The summed E-state index contributed by atoms with van der Waals surface area (Å²) in [6, 6.07) is 0. The van der Waals surface area contributed by atoms with Crippen molar-refractivity contribution in [1.82, 2.24) is 0 Å². The molecule has 1 heterocycles. The molecule has 0 bridgehead atoms. The Bertz CT molecular complexity index is 246. The minimum Gasteiger partial charge on any atom is -0.469 e. The van der Waals surface area contributed by atoms with Gasteiger partial charge >= 0.3 is 11.9 Å². The number of carbonyl (C=O) groups is 2. The highest BCUT2D eigenvalue weighted by Crippen LogP contribution is 2.18. The normalized spacial score (nSPS) is 22.2. The maximum absolute atomic E-state index is 11.5. The molecule has 0 amide bonds. The molecule has 1 saturated heterocycles. The molecule has 0 aromatic carbocycles. The van der Waals surface area contributed by atoms with Crippen molar-refractivity contribution in [3.8, 4) is 0 Å². The lowest BCUT2D eigenvalue weighted by atomic mass is 9.98. The summed E-state index contributed by atoms with van der Waals surface area (Å²) < 4.78 is 19.7. The predicted molar refractivity (Wildman–Crippen MR) is 52.7 cm³/mol. The zero-order chi connectivity index (χ0) is 12.0. The Hall–Kier alpha value is -1.14. The van der Waals surface area contributed by atoms with Gasteiger partial charge in [0, 0.05) is 0 Å². The number of esters is 2. The van der Waals surface area contributed by atoms with Gasteiger partial charge < -0.3 is 18.9 Å². The maximum atomic E-state index is 11.5. The molecule has 0 aromatic heterocycles. The van der Waals surface area contributed by atoms with E-state index in [4.69, 9.17) is 9.47 Å². The van der Waals surface area contributed by atoms with Crippen LogP contribution >= 0.6 is 0 Å². The van der Waals surface area contributed by atoms with Crippen molar-refractivity contribution >= 4 is 11.9 Å². The van der Waals surface area contributed by atoms with Crippen molar-refractivity contribution in [2.45, 2.75) is 12.5 Å². The first-order chi connectivity index (χ1) is 7.69. The third-order valence-electron chi connectivity index (χ3n) is 2.41. The molecule has 0 saturated carbocycles. The lowest BCUT2D eigenvalue weighted by Crippen LogP contribution is -2.40. The van der Waals surface area contributed by atoms with Crippen LogP contribution in [0.5, 0.6) is 0 Å². The molecule has 2 atom stereocenters. The number of hydrogen-bond donors (Lipinski definition) is 0. The summed E-state index contributed by atoms with van der Waals surface area (Å²) in [7, 11) is 2.55. The van der Waals surface area contributed by atoms with E-state index in [-0.39, 0.29) is 13.0 Å². The molecule has 6 heteroatoms. The second kappa shape index (κ2) is 6.44. The molecule has 1 aliphatic heterocycles. The average Bonchev–Trinajstić information content (AvgIpc) is 2.35. The van der Waals surface area contributed by atoms with Crippen molar-refractivity contribution in [3.63, 3.8) is 0 Å². The second-order valence-corrected chi connectivity index (χ2v) is 3.39. The first-order valence-corrected chi connectivity index (χ1v) is 5.03. The summed E-state index contributed by atoms with van der Waals surface area (Å²) in [5.41, 5.74) is 0. The van der Waals surface area contributed by atoms with E-state index in [1.54, 1.807) is 0 Å². The smallest absolute Gasteiger partial charge is 0.311 e. The standard InChI is InChI=1S/C10H16O6/c1-13-9(11)5-7(10(12)14-2)8-6-15-3-4-16-8/h7-8H,3-6H2,1-2H3/t7-,8-/m1/s1. The molecule has 92 valence electrons. The predicted octanol–water partition coefficient (Wildman–Crippen LogP) is -0.246. The zero-order valence-electron chi connectivity index (χ0n) is 9.43. The van der Waals surface area contributed by atoms with Crippen LogP contribution in [0.25, 0.3) is 0 Å². The van der Waals surface area contributed by atoms with Crippen molar-refractivity contribution in [2.24, 2.45) is 5.92 Å². The highest BCUT2D eigenvalue weighted by Gasteiger charge is 2.34. The van der Waals surface area contributed by atoms with Crippen LogP contribution in [-0.2, 0) is 28.5 Å². The van der Waals surface area contributed by atoms with Crippen LogP contribution in [0.1, 0.15) is 6.42 Å². The first kappa shape index (κ1) is 12.9. The number of methoxy groups -OCH3 is 2. The van der Waals surface area contributed by atoms with E-state index in [0.29, 0.717) is 13.2 Å². The third-order valence-corrected chi connectivity index (χ3v) is 2.41. The fourth-order valence-electron chi connectivity index (χ4n) is 1.52. The van der Waals surface area contributed by atoms with Crippen molar-refractivity contribution in [2.75, 3.05) is 34.0 Å². The fourth-order valence-corrected chi connectivity index (χ4v) is 1.52. The molecule has 1 rings (SSSR count). The lowest BCUT2D eigenvalue weighted by molar-refractivity contribution is -0.167. The van der Waals surface area contributed by atoms with Gasteiger partial charge in [0.15, 0.2) is 0 Å². The van der Waals surface area contributed by atoms with Gasteiger partial charge in [0.2, 0.25) is 0 Å². The number of rotatable bonds is 4. The van der Waals surface area contributed by atoms with Gasteiger partial charge in [0.25, 0.3) is 0 Å². The molecule has 0 aliphatic carbocycles. The van der Waals surface area contributed by atoms with Crippen molar-refractivity contribution < 1.29 is 28.5 Å². The van der Waals surface area contributed by atoms with Crippen LogP contribution in [0, 0.1) is 5.92 Å². The average molecular weight is 232 g/mol. The molecular formula is C10H16O6. The van der Waals surface area contributed by atoms with Gasteiger partial charge in [-0.15, -0.1) is 0 Å². The minimum atomic E-state index is -0.669. The molecule has 0 radical (unpaired) electrons. The Morgan fingerprint density at radius 3 is 2.56 bits per heavy atom. The zero-order valence-corrected chi connectivity index (χ0v) is 9.43. The lowest BCUT2D eigenvalue weighted by Gasteiger charge is -2.28. The van der Waals surface area contributed by atoms with Crippen molar-refractivity contribution in [1.29, 1.82) is 0 Å². The van der Waals surface area contributed by atoms with E-state index in [1.807, 2.05) is 0 Å². The monoisotopic (exact) mass is 232 g/mol. The van der Waals surface area contributed by atoms with E-state index in [9.17, 15) is 9.59 Å². The molecule has 0 unspecified atom stereocenters. The largest absolute Gasteiger partial charge is 0.469 e. The van der Waals surface area contributed by atoms with Crippen LogP contribution in [0.4, 0.5) is 0 Å². The van der Waals surface area contributed by atoms with Crippen LogP contribution in [-0.4, -0.2) is 52.1 Å². The van der Waals surface area contributed by atoms with Crippen LogP contribution in [0.3, 0.4) is 0 Å². The molecule has 0 N–H and O–H groups in total. The SMILES string of the molecule is COC(=O)C[C@@H](C(=O)OC)[C@H]1COCCO1. The van der Waals surface area contributed by atoms with E-state index >= 15 is 0 Å². The van der Waals surface area contributed by atoms with Crippen LogP contribution in [0.2, 0.25) is 0 Å². The second-order valence-electron chi connectivity index (χ2n) is 3.39. The quantitative estimate of drug-likeness (QED) is 0.623. The topological polar surface area (TPSA) is 71.1 Å². The fraction of sp³-hybridized carbons (Fsp3) is 0.800. The van der Waals surface area contributed by atoms with E-state index in [0.717, 1.165) is 0 Å². The minimum absolute atomic E-state index is 0.0583. The Morgan fingerprint density at radius 2 is 2.06 bits per heavy atom. The highest BCUT2D eigenvalue weighted by molar-refractivity contribution is 5.80. The summed E-state index contributed by atoms with van der Waals surface area (Å²) in [6.07, 6.45) is -0.503. The number of ether oxygens (including phenoxy) is 4. The maximum Gasteiger partial charge on any atom is 0.311 e. The molecular weight excluding hydrogens is 216 g/mol. The van der Waals surface area contributed by atoms with Gasteiger partial charge in [-0.2, -0.15) is 0 Å². The Kier molecular flexibility index (Phi) is 5.21. The summed E-state index contributed by atoms with van der Waals surface area (Å²) >= 11 is 0. The number of carbonyl (C=O) groups excluding carboxylic acids is 2. The molecule has 1 aliphatic rings. The molecule has 16 heavy (non-hydrogen) atoms. The van der Waals surface area contributed by atoms with Gasteiger partial charge in [0.05, 0.1) is 52.5 Å². The van der Waals surface area contributed by atoms with Gasteiger partial charge in [-0.25, -0.2) is 0 Å². The van der Waals surface area contributed by atoms with E-state index in [2.05, 4.69) is 9.47 Å². The van der Waals surface area contributed by atoms with Crippen molar-refractivity contribution in [3.05, 3.63) is 0 Å². The summed E-state index contributed by atoms with van der Waals surface area (Å²) in [6.45, 7) is 1.21. The number of hydrogen-bond acceptors (Lipinski definition) is 6. The van der Waals surface area contributed by atoms with E-state index in [1.165, 1.54) is 14.2 Å². The summed E-state index contributed by atoms with van der Waals surface area (Å²) in [5, 5.41) is 0. The molecule has 6 nitrogen and oxygen atoms in total. The van der Waals surface area contributed by atoms with E-state index < -0.39 is 24.0 Å². The summed E-state index contributed by atoms with van der Waals surface area (Å²) in [5.74, 6) is -1.62. The molecule has 0 spiro atoms. The Balaban J connectivity index is 2.61. The molecule has 0 aromatic rings. The highest BCUT2D eigenvalue weighted by atomic mass is 16.6. The summed E-state index contributed by atoms with van der Waals surface area (Å²) in [4.78, 5) is 22.7. The Labute approximate surface area is 93.8 Å². The first-order valence-electron chi connectivity index (χ1n) is 5.03.